The van der Waals surface area contributed by atoms with Crippen LogP contribution in [-0.4, -0.2) is 82.4 Å². The summed E-state index contributed by atoms with van der Waals surface area (Å²) in [5, 5.41) is 45.2. The SMILES string of the molecule is CCN(CC)OS(=O)(=O)c1cc(Nc2nc(NCC(=O)O)nc(OC)n2)c2c(O)c(N=Nc3ccccc3C(=O)O)c(C)cc2c1. The number of hydroxylamine groups is 2. The molecule has 0 bridgehead atoms. The molecule has 0 aliphatic rings. The largest absolute Gasteiger partial charge is 0.505 e. The van der Waals surface area contributed by atoms with Gasteiger partial charge in [-0.3, -0.25) is 4.79 Å². The molecule has 0 saturated heterocycles. The third-order valence-electron chi connectivity index (χ3n) is 6.38. The van der Waals surface area contributed by atoms with E-state index >= 15 is 0 Å². The highest BCUT2D eigenvalue weighted by Gasteiger charge is 2.24. The Labute approximate surface area is 262 Å². The number of aromatic hydroxyl groups is 1. The molecule has 0 atom stereocenters. The second-order valence-electron chi connectivity index (χ2n) is 9.47. The number of benzene rings is 3. The number of azo groups is 1. The number of carboxylic acid groups (broad SMARTS) is 2. The summed E-state index contributed by atoms with van der Waals surface area (Å²) in [6.45, 7) is 5.10. The first-order valence-electron chi connectivity index (χ1n) is 13.6. The molecule has 0 spiro atoms. The topological polar surface area (TPSA) is 238 Å². The van der Waals surface area contributed by atoms with Gasteiger partial charge in [0.2, 0.25) is 11.9 Å². The van der Waals surface area contributed by atoms with Crippen LogP contribution in [0.25, 0.3) is 10.8 Å². The van der Waals surface area contributed by atoms with E-state index in [0.29, 0.717) is 5.56 Å². The van der Waals surface area contributed by atoms with Crippen LogP contribution in [0.4, 0.5) is 29.0 Å². The van der Waals surface area contributed by atoms with Crippen molar-refractivity contribution in [3.05, 3.63) is 53.6 Å². The van der Waals surface area contributed by atoms with Gasteiger partial charge in [-0.25, -0.2) is 4.79 Å². The predicted molar refractivity (Wildman–Crippen MR) is 165 cm³/mol. The molecule has 46 heavy (non-hydrogen) atoms. The number of phenolic OH excluding ortho intramolecular Hbond substituents is 1. The van der Waals surface area contributed by atoms with Crippen LogP contribution in [0.15, 0.2) is 57.6 Å². The summed E-state index contributed by atoms with van der Waals surface area (Å²) < 4.78 is 37.1. The third-order valence-corrected chi connectivity index (χ3v) is 7.60. The van der Waals surface area contributed by atoms with Crippen molar-refractivity contribution < 1.29 is 42.3 Å². The molecule has 5 N–H and O–H groups in total. The van der Waals surface area contributed by atoms with Gasteiger partial charge in [-0.1, -0.05) is 26.0 Å². The van der Waals surface area contributed by atoms with Crippen molar-refractivity contribution in [3.8, 4) is 11.8 Å². The highest BCUT2D eigenvalue weighted by molar-refractivity contribution is 7.86. The molecule has 0 fully saturated rings. The van der Waals surface area contributed by atoms with Gasteiger partial charge in [0.1, 0.15) is 17.9 Å². The fourth-order valence-electron chi connectivity index (χ4n) is 4.21. The van der Waals surface area contributed by atoms with Gasteiger partial charge in [-0.05, 0) is 48.2 Å². The minimum Gasteiger partial charge on any atom is -0.505 e. The van der Waals surface area contributed by atoms with Crippen molar-refractivity contribution in [1.29, 1.82) is 0 Å². The van der Waals surface area contributed by atoms with E-state index in [1.54, 1.807) is 32.9 Å². The van der Waals surface area contributed by atoms with Gasteiger partial charge in [-0.15, -0.1) is 10.2 Å². The molecule has 1 aromatic heterocycles. The maximum atomic E-state index is 13.3. The third kappa shape index (κ3) is 7.60. The van der Waals surface area contributed by atoms with Gasteiger partial charge >= 0.3 is 28.1 Å². The molecule has 4 aromatic rings. The fourth-order valence-corrected chi connectivity index (χ4v) is 5.31. The number of rotatable bonds is 14. The number of hydrogen-bond donors (Lipinski definition) is 5. The molecule has 3 aromatic carbocycles. The number of fused-ring (bicyclic) bond motifs is 1. The Morgan fingerprint density at radius 2 is 1.70 bits per heavy atom. The van der Waals surface area contributed by atoms with E-state index in [0.717, 1.165) is 0 Å². The summed E-state index contributed by atoms with van der Waals surface area (Å²) >= 11 is 0. The van der Waals surface area contributed by atoms with E-state index < -0.39 is 34.4 Å². The van der Waals surface area contributed by atoms with E-state index in [-0.39, 0.29) is 69.3 Å². The quantitative estimate of drug-likeness (QED) is 0.0937. The van der Waals surface area contributed by atoms with Gasteiger partial charge in [0.05, 0.1) is 23.3 Å². The van der Waals surface area contributed by atoms with Crippen molar-refractivity contribution in [2.75, 3.05) is 37.4 Å². The van der Waals surface area contributed by atoms with Crippen LogP contribution in [0.3, 0.4) is 0 Å². The monoisotopic (exact) mass is 654 g/mol. The van der Waals surface area contributed by atoms with Crippen LogP contribution >= 0.6 is 0 Å². The van der Waals surface area contributed by atoms with E-state index in [2.05, 4.69) is 35.8 Å². The molecule has 18 heteroatoms. The van der Waals surface area contributed by atoms with Crippen LogP contribution < -0.4 is 15.4 Å². The van der Waals surface area contributed by atoms with E-state index in [9.17, 15) is 28.2 Å². The second-order valence-corrected chi connectivity index (χ2v) is 11.0. The molecular weight excluding hydrogens is 624 g/mol. The van der Waals surface area contributed by atoms with E-state index in [1.807, 2.05) is 0 Å². The minimum atomic E-state index is -4.37. The first kappa shape index (κ1) is 33.4. The zero-order valence-electron chi connectivity index (χ0n) is 25.0. The van der Waals surface area contributed by atoms with Gasteiger partial charge in [0.15, 0.2) is 5.75 Å². The van der Waals surface area contributed by atoms with Crippen LogP contribution in [0.2, 0.25) is 0 Å². The van der Waals surface area contributed by atoms with Gasteiger partial charge in [0.25, 0.3) is 0 Å². The molecule has 0 aliphatic carbocycles. The maximum Gasteiger partial charge on any atom is 0.337 e. The lowest BCUT2D eigenvalue weighted by atomic mass is 10.0. The Kier molecular flexibility index (Phi) is 10.2. The number of anilines is 3. The molecule has 0 saturated carbocycles. The molecule has 0 unspecified atom stereocenters. The van der Waals surface area contributed by atoms with Crippen molar-refractivity contribution >= 4 is 61.8 Å². The maximum absolute atomic E-state index is 13.3. The zero-order chi connectivity index (χ0) is 33.6. The lowest BCUT2D eigenvalue weighted by molar-refractivity contribution is -0.134. The molecule has 242 valence electrons. The van der Waals surface area contributed by atoms with Crippen LogP contribution in [-0.2, 0) is 19.2 Å². The lowest BCUT2D eigenvalue weighted by Gasteiger charge is -2.19. The van der Waals surface area contributed by atoms with Crippen LogP contribution in [0.5, 0.6) is 11.8 Å². The molecule has 17 nitrogen and oxygen atoms in total. The number of phenols is 1. The number of aliphatic carboxylic acids is 1. The number of methoxy groups -OCH3 is 1. The van der Waals surface area contributed by atoms with E-state index in [1.165, 1.54) is 42.5 Å². The number of carbonyl (C=O) groups is 2. The first-order valence-corrected chi connectivity index (χ1v) is 15.0. The second kappa shape index (κ2) is 14.1. The Balaban J connectivity index is 1.92. The normalized spacial score (nSPS) is 11.7. The van der Waals surface area contributed by atoms with Gasteiger partial charge in [-0.2, -0.15) is 32.7 Å². The van der Waals surface area contributed by atoms with Crippen molar-refractivity contribution in [3.63, 3.8) is 0 Å². The Morgan fingerprint density at radius 3 is 2.35 bits per heavy atom. The minimum absolute atomic E-state index is 0.0171. The standard InChI is InChI=1S/C28H30N8O9S/c1-5-36(6-2)45-46(42,43)17-12-16-11-15(3)23(35-34-19-10-8-7-9-18(19)25(40)41)24(39)22(16)20(13-17)30-27-31-26(29-14-21(37)38)32-28(33-27)44-4/h7-13,39H,5-6,14H2,1-4H3,(H,37,38)(H,40,41)(H2,29,30,31,32,33). The zero-order valence-corrected chi connectivity index (χ0v) is 25.9. The Morgan fingerprint density at radius 1 is 1.00 bits per heavy atom. The average molecular weight is 655 g/mol. The summed E-state index contributed by atoms with van der Waals surface area (Å²) in [4.78, 5) is 34.6. The fraction of sp³-hybridized carbons (Fsp3) is 0.250. The van der Waals surface area contributed by atoms with E-state index in [4.69, 9.17) is 14.1 Å². The predicted octanol–water partition coefficient (Wildman–Crippen LogP) is 4.36. The van der Waals surface area contributed by atoms with Crippen molar-refractivity contribution in [1.82, 2.24) is 20.0 Å². The number of nitrogens with zero attached hydrogens (tertiary/aromatic N) is 6. The summed E-state index contributed by atoms with van der Waals surface area (Å²) in [6, 6.07) is 9.78. The molecule has 1 heterocycles. The summed E-state index contributed by atoms with van der Waals surface area (Å²) in [7, 11) is -3.09. The first-order chi connectivity index (χ1) is 21.9. The number of aromatic nitrogens is 3. The number of aryl methyl sites for hydroxylation is 1. The molecule has 0 amide bonds. The van der Waals surface area contributed by atoms with Crippen molar-refractivity contribution in [2.24, 2.45) is 10.2 Å². The van der Waals surface area contributed by atoms with Gasteiger partial charge < -0.3 is 30.7 Å². The number of aromatic carboxylic acids is 1. The van der Waals surface area contributed by atoms with Crippen molar-refractivity contribution in [2.45, 2.75) is 25.7 Å². The highest BCUT2D eigenvalue weighted by Crippen LogP contribution is 2.44. The molecule has 0 aliphatic heterocycles. The number of ether oxygens (including phenoxy) is 1. The molecule has 0 radical (unpaired) electrons. The summed E-state index contributed by atoms with van der Waals surface area (Å²) in [6.07, 6.45) is 0. The molecule has 4 rings (SSSR count). The lowest BCUT2D eigenvalue weighted by Crippen LogP contribution is -2.27. The number of carboxylic acids is 2. The van der Waals surface area contributed by atoms with Crippen LogP contribution in [0.1, 0.15) is 29.8 Å². The summed E-state index contributed by atoms with van der Waals surface area (Å²) in [5.74, 6) is -3.18. The highest BCUT2D eigenvalue weighted by atomic mass is 32.2. The van der Waals surface area contributed by atoms with Gasteiger partial charge in [0, 0.05) is 18.5 Å². The molecular formula is C28H30N8O9S. The number of nitrogens with one attached hydrogen (secondary N) is 2. The number of hydrogen-bond acceptors (Lipinski definition) is 15. The van der Waals surface area contributed by atoms with Crippen LogP contribution in [0, 0.1) is 6.92 Å². The average Bonchev–Trinajstić information content (AvgIpc) is 3.02. The Bertz CT molecular complexity index is 1930. The summed E-state index contributed by atoms with van der Waals surface area (Å²) in [5.41, 5.74) is 0.277. The smallest absolute Gasteiger partial charge is 0.337 e. The Hall–Kier alpha value is -5.46.